The number of carbonyl (C=O) groups is 1. The van der Waals surface area contributed by atoms with Gasteiger partial charge in [-0.25, -0.2) is 4.98 Å². The summed E-state index contributed by atoms with van der Waals surface area (Å²) in [6.45, 7) is 1.87. The van der Waals surface area contributed by atoms with Crippen molar-refractivity contribution in [1.82, 2.24) is 9.97 Å². The summed E-state index contributed by atoms with van der Waals surface area (Å²) in [5, 5.41) is 0. The number of allylic oxidation sites excluding steroid dienone is 1. The number of anilines is 1. The zero-order chi connectivity index (χ0) is 25.9. The minimum absolute atomic E-state index is 0.0998. The number of nitrogens with zero attached hydrogens (tertiary/aromatic N) is 3. The molecule has 3 aromatic rings. The van der Waals surface area contributed by atoms with E-state index in [0.29, 0.717) is 35.9 Å². The zero-order valence-electron chi connectivity index (χ0n) is 22.2. The Hall–Kier alpha value is -3.67. The molecule has 0 spiro atoms. The minimum atomic E-state index is 0.0998. The summed E-state index contributed by atoms with van der Waals surface area (Å²) >= 11 is 0. The summed E-state index contributed by atoms with van der Waals surface area (Å²) in [6, 6.07) is 14.2. The second-order valence-corrected chi connectivity index (χ2v) is 10.0. The maximum Gasteiger partial charge on any atom is 0.225 e. The summed E-state index contributed by atoms with van der Waals surface area (Å²) in [5.74, 6) is 2.17. The van der Waals surface area contributed by atoms with Crippen LogP contribution in [-0.4, -0.2) is 43.1 Å². The normalized spacial score (nSPS) is 14.9. The van der Waals surface area contributed by atoms with Crippen LogP contribution in [-0.2, 0) is 12.8 Å². The van der Waals surface area contributed by atoms with Crippen LogP contribution in [0.1, 0.15) is 77.6 Å². The monoisotopic (exact) mass is 497 g/mol. The first kappa shape index (κ1) is 25.0. The van der Waals surface area contributed by atoms with E-state index in [1.807, 2.05) is 25.1 Å². The number of aromatic nitrogens is 2. The van der Waals surface area contributed by atoms with Crippen LogP contribution in [0.25, 0.3) is 5.57 Å². The molecule has 6 nitrogen and oxygen atoms in total. The van der Waals surface area contributed by atoms with E-state index in [-0.39, 0.29) is 11.9 Å². The first-order valence-corrected chi connectivity index (χ1v) is 13.2. The molecular weight excluding hydrogens is 462 g/mol. The third-order valence-corrected chi connectivity index (χ3v) is 7.30. The van der Waals surface area contributed by atoms with E-state index >= 15 is 0 Å². The van der Waals surface area contributed by atoms with E-state index in [2.05, 4.69) is 49.3 Å². The Morgan fingerprint density at radius 2 is 1.89 bits per heavy atom. The quantitative estimate of drug-likeness (QED) is 0.336. The Balaban J connectivity index is 1.52. The van der Waals surface area contributed by atoms with Gasteiger partial charge in [-0.3, -0.25) is 4.79 Å². The summed E-state index contributed by atoms with van der Waals surface area (Å²) in [6.07, 6.45) is 8.65. The molecule has 1 heterocycles. The first-order chi connectivity index (χ1) is 18.0. The predicted octanol–water partition coefficient (Wildman–Crippen LogP) is 6.04. The molecule has 0 unspecified atom stereocenters. The molecule has 0 amide bonds. The number of methoxy groups -OCH3 is 1. The second kappa shape index (κ2) is 10.8. The van der Waals surface area contributed by atoms with E-state index in [4.69, 9.17) is 19.4 Å². The number of Topliss-reactive ketones (excluding diaryl/α,β-unsaturated/α-hetero) is 1. The molecule has 1 fully saturated rings. The lowest BCUT2D eigenvalue weighted by atomic mass is 10.0. The highest BCUT2D eigenvalue weighted by Gasteiger charge is 2.28. The largest absolute Gasteiger partial charge is 0.496 e. The fourth-order valence-electron chi connectivity index (χ4n) is 5.23. The van der Waals surface area contributed by atoms with Crippen molar-refractivity contribution in [3.8, 4) is 11.6 Å². The van der Waals surface area contributed by atoms with E-state index in [1.54, 1.807) is 7.11 Å². The molecule has 0 saturated heterocycles. The van der Waals surface area contributed by atoms with Crippen LogP contribution >= 0.6 is 0 Å². The van der Waals surface area contributed by atoms with Crippen LogP contribution in [0.3, 0.4) is 0 Å². The average Bonchev–Trinajstić information content (AvgIpc) is 3.58. The Morgan fingerprint density at radius 3 is 2.62 bits per heavy atom. The third kappa shape index (κ3) is 5.24. The van der Waals surface area contributed by atoms with Crippen LogP contribution in [0, 0.1) is 0 Å². The van der Waals surface area contributed by atoms with Gasteiger partial charge in [0.25, 0.3) is 0 Å². The summed E-state index contributed by atoms with van der Waals surface area (Å²) in [7, 11) is 5.74. The molecule has 0 bridgehead atoms. The lowest BCUT2D eigenvalue weighted by Gasteiger charge is -2.19. The number of fused-ring (bicyclic) bond motifs is 1. The number of rotatable bonds is 9. The van der Waals surface area contributed by atoms with Crippen molar-refractivity contribution < 1.29 is 14.3 Å². The number of hydrogen-bond donors (Lipinski definition) is 0. The van der Waals surface area contributed by atoms with E-state index in [0.717, 1.165) is 52.9 Å². The number of hydrogen-bond acceptors (Lipinski definition) is 6. The molecule has 2 aromatic carbocycles. The molecule has 2 aliphatic carbocycles. The zero-order valence-corrected chi connectivity index (χ0v) is 22.2. The van der Waals surface area contributed by atoms with Crippen molar-refractivity contribution >= 4 is 17.0 Å². The maximum absolute atomic E-state index is 12.2. The van der Waals surface area contributed by atoms with Crippen LogP contribution in [0.2, 0.25) is 0 Å². The van der Waals surface area contributed by atoms with E-state index in [9.17, 15) is 4.79 Å². The summed E-state index contributed by atoms with van der Waals surface area (Å²) in [4.78, 5) is 24.3. The van der Waals surface area contributed by atoms with Gasteiger partial charge >= 0.3 is 0 Å². The van der Waals surface area contributed by atoms with Crippen LogP contribution in [0.4, 0.5) is 5.69 Å². The molecule has 192 valence electrons. The van der Waals surface area contributed by atoms with Gasteiger partial charge in [0.1, 0.15) is 17.7 Å². The maximum atomic E-state index is 12.2. The summed E-state index contributed by atoms with van der Waals surface area (Å²) < 4.78 is 12.2. The van der Waals surface area contributed by atoms with Gasteiger partial charge in [0.15, 0.2) is 5.78 Å². The number of ether oxygens (including phenoxy) is 2. The molecule has 0 N–H and O–H groups in total. The standard InChI is InChI=1S/C31H35N3O3/c1-5-27(35)21-13-14-22(28(18-21)36-4)19-29-32-26-16-15-25(20-9-8-10-23(17-20)34(2)3)30(26)31(33-29)37-24-11-6-7-12-24/h8-10,13-15,17-18,24H,5-7,11-12,16,19H2,1-4H3. The van der Waals surface area contributed by atoms with Gasteiger partial charge in [0.2, 0.25) is 5.88 Å². The Kier molecular flexibility index (Phi) is 7.26. The molecule has 6 heteroatoms. The number of benzene rings is 2. The molecule has 1 saturated carbocycles. The highest BCUT2D eigenvalue weighted by molar-refractivity contribution is 5.96. The molecule has 0 aliphatic heterocycles. The van der Waals surface area contributed by atoms with Crippen molar-refractivity contribution in [2.45, 2.75) is 58.0 Å². The predicted molar refractivity (Wildman–Crippen MR) is 147 cm³/mol. The summed E-state index contributed by atoms with van der Waals surface area (Å²) in [5.41, 5.74) is 7.07. The fourth-order valence-corrected chi connectivity index (χ4v) is 5.23. The lowest BCUT2D eigenvalue weighted by molar-refractivity contribution is 0.0988. The Morgan fingerprint density at radius 1 is 1.08 bits per heavy atom. The Labute approximate surface area is 219 Å². The van der Waals surface area contributed by atoms with Gasteiger partial charge in [-0.2, -0.15) is 4.98 Å². The molecule has 0 radical (unpaired) electrons. The lowest BCUT2D eigenvalue weighted by Crippen LogP contribution is -2.15. The SMILES string of the molecule is CCC(=O)c1ccc(Cc2nc3c(c(OC4CCCC4)n2)C(c2cccc(N(C)C)c2)=CC3)c(OC)c1. The van der Waals surface area contributed by atoms with Gasteiger partial charge in [-0.1, -0.05) is 37.3 Å². The second-order valence-electron chi connectivity index (χ2n) is 10.0. The van der Waals surface area contributed by atoms with Crippen molar-refractivity contribution in [1.29, 1.82) is 0 Å². The molecule has 1 aromatic heterocycles. The third-order valence-electron chi connectivity index (χ3n) is 7.30. The van der Waals surface area contributed by atoms with Crippen molar-refractivity contribution in [2.75, 3.05) is 26.1 Å². The molecule has 0 atom stereocenters. The van der Waals surface area contributed by atoms with Crippen molar-refractivity contribution in [3.63, 3.8) is 0 Å². The van der Waals surface area contributed by atoms with E-state index in [1.165, 1.54) is 12.8 Å². The fraction of sp³-hybridized carbons (Fsp3) is 0.387. The van der Waals surface area contributed by atoms with Crippen molar-refractivity contribution in [3.05, 3.63) is 82.3 Å². The van der Waals surface area contributed by atoms with Gasteiger partial charge in [-0.05, 0) is 55.0 Å². The molecule has 2 aliphatic rings. The van der Waals surface area contributed by atoms with Crippen LogP contribution in [0.15, 0.2) is 48.5 Å². The van der Waals surface area contributed by atoms with Gasteiger partial charge in [0, 0.05) is 50.2 Å². The van der Waals surface area contributed by atoms with Crippen LogP contribution < -0.4 is 14.4 Å². The minimum Gasteiger partial charge on any atom is -0.496 e. The molecule has 37 heavy (non-hydrogen) atoms. The smallest absolute Gasteiger partial charge is 0.225 e. The number of ketones is 1. The van der Waals surface area contributed by atoms with E-state index < -0.39 is 0 Å². The first-order valence-electron chi connectivity index (χ1n) is 13.2. The molecular formula is C31H35N3O3. The van der Waals surface area contributed by atoms with Gasteiger partial charge in [0.05, 0.1) is 18.4 Å². The van der Waals surface area contributed by atoms with Crippen molar-refractivity contribution in [2.24, 2.45) is 0 Å². The topological polar surface area (TPSA) is 64.5 Å². The molecule has 5 rings (SSSR count). The highest BCUT2D eigenvalue weighted by atomic mass is 16.5. The Bertz CT molecular complexity index is 1340. The van der Waals surface area contributed by atoms with Gasteiger partial charge < -0.3 is 14.4 Å². The van der Waals surface area contributed by atoms with Gasteiger partial charge in [-0.15, -0.1) is 0 Å². The highest BCUT2D eigenvalue weighted by Crippen LogP contribution is 2.40. The average molecular weight is 498 g/mol. The van der Waals surface area contributed by atoms with Crippen LogP contribution in [0.5, 0.6) is 11.6 Å². The number of carbonyl (C=O) groups excluding carboxylic acids is 1.